The summed E-state index contributed by atoms with van der Waals surface area (Å²) in [5, 5.41) is 0.330. The van der Waals surface area contributed by atoms with Crippen molar-refractivity contribution in [2.45, 2.75) is 37.1 Å². The van der Waals surface area contributed by atoms with Crippen molar-refractivity contribution in [3.63, 3.8) is 0 Å². The lowest BCUT2D eigenvalue weighted by molar-refractivity contribution is -0.137. The number of esters is 1. The topological polar surface area (TPSA) is 80.8 Å². The normalized spacial score (nSPS) is 17.2. The molecule has 1 aliphatic heterocycles. The minimum atomic E-state index is -4.03. The van der Waals surface area contributed by atoms with Crippen molar-refractivity contribution < 1.29 is 22.7 Å². The standard InChI is InChI=1S/C28H26ClNO5S/c1-3-35-28(32)17-16-26-23(18-27(31)22-9-4-6-10-24(22)29)21-8-5-7-11-25(21)30(26)36(33,34)20-14-12-19(2)13-15-20/h4-17,23,26H,3,18H2,1-2H3/b17-16+/t23-,26+/m1/s1. The van der Waals surface area contributed by atoms with E-state index < -0.39 is 28.0 Å². The van der Waals surface area contributed by atoms with E-state index in [1.54, 1.807) is 73.7 Å². The first-order chi connectivity index (χ1) is 17.2. The van der Waals surface area contributed by atoms with Gasteiger partial charge in [0, 0.05) is 24.0 Å². The summed E-state index contributed by atoms with van der Waals surface area (Å²) < 4.78 is 34.1. The Bertz CT molecular complexity index is 1420. The molecule has 4 rings (SSSR count). The molecule has 186 valence electrons. The smallest absolute Gasteiger partial charge is 0.330 e. The van der Waals surface area contributed by atoms with Gasteiger partial charge in [-0.3, -0.25) is 9.10 Å². The monoisotopic (exact) mass is 523 g/mol. The van der Waals surface area contributed by atoms with Crippen LogP contribution in [-0.2, 0) is 19.6 Å². The molecule has 3 aromatic carbocycles. The number of fused-ring (bicyclic) bond motifs is 1. The predicted octanol–water partition coefficient (Wildman–Crippen LogP) is 5.70. The number of hydrogen-bond acceptors (Lipinski definition) is 5. The van der Waals surface area contributed by atoms with Gasteiger partial charge < -0.3 is 4.74 Å². The van der Waals surface area contributed by atoms with Gasteiger partial charge >= 0.3 is 5.97 Å². The van der Waals surface area contributed by atoms with Crippen LogP contribution in [-0.4, -0.2) is 32.8 Å². The highest BCUT2D eigenvalue weighted by Gasteiger charge is 2.44. The zero-order valence-electron chi connectivity index (χ0n) is 19.9. The molecule has 0 saturated heterocycles. The predicted molar refractivity (Wildman–Crippen MR) is 140 cm³/mol. The second kappa shape index (κ2) is 10.7. The molecule has 1 heterocycles. The maximum absolute atomic E-state index is 13.9. The molecule has 3 aromatic rings. The number of carbonyl (C=O) groups is 2. The first-order valence-electron chi connectivity index (χ1n) is 11.6. The molecular formula is C28H26ClNO5S. The average Bonchev–Trinajstić information content (AvgIpc) is 3.17. The Morgan fingerprint density at radius 1 is 1.00 bits per heavy atom. The number of halogens is 1. The fourth-order valence-electron chi connectivity index (χ4n) is 4.43. The van der Waals surface area contributed by atoms with Gasteiger partial charge in [-0.2, -0.15) is 0 Å². The molecule has 2 atom stereocenters. The van der Waals surface area contributed by atoms with Crippen LogP contribution in [0.3, 0.4) is 0 Å². The fraction of sp³-hybridized carbons (Fsp3) is 0.214. The van der Waals surface area contributed by atoms with Crippen LogP contribution in [0.25, 0.3) is 0 Å². The van der Waals surface area contributed by atoms with E-state index in [0.717, 1.165) is 5.56 Å². The van der Waals surface area contributed by atoms with Crippen molar-refractivity contribution in [1.29, 1.82) is 0 Å². The van der Waals surface area contributed by atoms with Gasteiger partial charge in [0.25, 0.3) is 10.0 Å². The number of rotatable bonds is 8. The lowest BCUT2D eigenvalue weighted by Crippen LogP contribution is -2.38. The van der Waals surface area contributed by atoms with Gasteiger partial charge in [0.1, 0.15) is 0 Å². The summed E-state index contributed by atoms with van der Waals surface area (Å²) in [5.41, 5.74) is 2.46. The van der Waals surface area contributed by atoms with Crippen LogP contribution in [0.2, 0.25) is 5.02 Å². The Morgan fingerprint density at radius 3 is 2.36 bits per heavy atom. The Morgan fingerprint density at radius 2 is 1.67 bits per heavy atom. The Balaban J connectivity index is 1.82. The van der Waals surface area contributed by atoms with E-state index in [1.165, 1.54) is 16.5 Å². The number of hydrogen-bond donors (Lipinski definition) is 0. The molecule has 0 bridgehead atoms. The zero-order valence-corrected chi connectivity index (χ0v) is 21.5. The van der Waals surface area contributed by atoms with E-state index in [-0.39, 0.29) is 23.7 Å². The SMILES string of the molecule is CCOC(=O)/C=C/[C@H]1[C@H](CC(=O)c2ccccc2Cl)c2ccccc2N1S(=O)(=O)c1ccc(C)cc1. The van der Waals surface area contributed by atoms with Gasteiger partial charge in [0.2, 0.25) is 0 Å². The Labute approximate surface area is 216 Å². The van der Waals surface area contributed by atoms with Crippen LogP contribution in [0.1, 0.15) is 40.7 Å². The summed E-state index contributed by atoms with van der Waals surface area (Å²) in [4.78, 5) is 25.6. The first-order valence-corrected chi connectivity index (χ1v) is 13.4. The second-order valence-corrected chi connectivity index (χ2v) is 10.7. The third kappa shape index (κ3) is 5.08. The van der Waals surface area contributed by atoms with Crippen molar-refractivity contribution >= 4 is 39.1 Å². The average molecular weight is 524 g/mol. The number of para-hydroxylation sites is 1. The van der Waals surface area contributed by atoms with Crippen molar-refractivity contribution in [3.05, 3.63) is 107 Å². The summed E-state index contributed by atoms with van der Waals surface area (Å²) in [6.45, 7) is 3.76. The van der Waals surface area contributed by atoms with Gasteiger partial charge in [0.05, 0.1) is 28.3 Å². The molecule has 0 spiro atoms. The highest BCUT2D eigenvalue weighted by atomic mass is 35.5. The molecule has 0 N–H and O–H groups in total. The summed E-state index contributed by atoms with van der Waals surface area (Å²) in [6, 6.07) is 19.6. The van der Waals surface area contributed by atoms with Crippen LogP contribution in [0.4, 0.5) is 5.69 Å². The lowest BCUT2D eigenvalue weighted by atomic mass is 9.88. The molecule has 0 amide bonds. The highest BCUT2D eigenvalue weighted by Crippen LogP contribution is 2.46. The van der Waals surface area contributed by atoms with Gasteiger partial charge in [-0.05, 0) is 49.7 Å². The van der Waals surface area contributed by atoms with Crippen LogP contribution >= 0.6 is 11.6 Å². The van der Waals surface area contributed by atoms with E-state index in [4.69, 9.17) is 16.3 Å². The van der Waals surface area contributed by atoms with E-state index in [9.17, 15) is 18.0 Å². The van der Waals surface area contributed by atoms with Crippen molar-refractivity contribution in [2.24, 2.45) is 0 Å². The van der Waals surface area contributed by atoms with Gasteiger partial charge in [-0.25, -0.2) is 13.2 Å². The molecule has 0 saturated carbocycles. The Hall–Kier alpha value is -3.42. The summed E-state index contributed by atoms with van der Waals surface area (Å²) >= 11 is 6.27. The molecule has 0 fully saturated rings. The summed E-state index contributed by atoms with van der Waals surface area (Å²) in [7, 11) is -4.03. The maximum Gasteiger partial charge on any atom is 0.330 e. The van der Waals surface area contributed by atoms with E-state index in [1.807, 2.05) is 13.0 Å². The number of anilines is 1. The number of benzene rings is 3. The quantitative estimate of drug-likeness (QED) is 0.215. The van der Waals surface area contributed by atoms with Gasteiger partial charge in [0.15, 0.2) is 5.78 Å². The number of sulfonamides is 1. The fourth-order valence-corrected chi connectivity index (χ4v) is 6.34. The summed E-state index contributed by atoms with van der Waals surface area (Å²) in [5.74, 6) is -1.35. The van der Waals surface area contributed by atoms with E-state index in [0.29, 0.717) is 21.8 Å². The largest absolute Gasteiger partial charge is 0.463 e. The minimum absolute atomic E-state index is 0.00149. The third-order valence-corrected chi connectivity index (χ3v) is 8.29. The molecule has 8 heteroatoms. The van der Waals surface area contributed by atoms with Crippen molar-refractivity contribution in [3.8, 4) is 0 Å². The van der Waals surface area contributed by atoms with Crippen LogP contribution < -0.4 is 4.31 Å². The van der Waals surface area contributed by atoms with Gasteiger partial charge in [-0.1, -0.05) is 65.7 Å². The van der Waals surface area contributed by atoms with Crippen molar-refractivity contribution in [1.82, 2.24) is 0 Å². The third-order valence-electron chi connectivity index (χ3n) is 6.13. The number of ketones is 1. The highest BCUT2D eigenvalue weighted by molar-refractivity contribution is 7.93. The second-order valence-electron chi connectivity index (χ2n) is 8.49. The summed E-state index contributed by atoms with van der Waals surface area (Å²) in [6.07, 6.45) is 2.73. The number of Topliss-reactive ketones (excluding diaryl/α,β-unsaturated/α-hetero) is 1. The van der Waals surface area contributed by atoms with Crippen LogP contribution in [0.15, 0.2) is 89.8 Å². The first kappa shape index (κ1) is 25.7. The molecule has 1 aliphatic rings. The number of nitrogens with zero attached hydrogens (tertiary/aromatic N) is 1. The molecule has 0 aliphatic carbocycles. The molecule has 0 radical (unpaired) electrons. The molecule has 0 aromatic heterocycles. The Kier molecular flexibility index (Phi) is 7.62. The van der Waals surface area contributed by atoms with Crippen LogP contribution in [0, 0.1) is 6.92 Å². The number of aryl methyl sites for hydroxylation is 1. The van der Waals surface area contributed by atoms with Crippen LogP contribution in [0.5, 0.6) is 0 Å². The van der Waals surface area contributed by atoms with Crippen molar-refractivity contribution in [2.75, 3.05) is 10.9 Å². The molecule has 36 heavy (non-hydrogen) atoms. The number of ether oxygens (including phenoxy) is 1. The molecule has 6 nitrogen and oxygen atoms in total. The number of carbonyl (C=O) groups excluding carboxylic acids is 2. The van der Waals surface area contributed by atoms with Gasteiger partial charge in [-0.15, -0.1) is 0 Å². The zero-order chi connectivity index (χ0) is 25.9. The molecule has 0 unspecified atom stereocenters. The van der Waals surface area contributed by atoms with E-state index >= 15 is 0 Å². The minimum Gasteiger partial charge on any atom is -0.463 e. The van der Waals surface area contributed by atoms with E-state index in [2.05, 4.69) is 0 Å². The lowest BCUT2D eigenvalue weighted by Gasteiger charge is -2.27. The molecular weight excluding hydrogens is 498 g/mol. The maximum atomic E-state index is 13.9.